The topological polar surface area (TPSA) is 12.0 Å². The van der Waals surface area contributed by atoms with E-state index in [0.29, 0.717) is 12.0 Å². The largest absolute Gasteiger partial charge is 0.313 e. The Balaban J connectivity index is 1.52. The summed E-state index contributed by atoms with van der Waals surface area (Å²) in [5.74, 6) is 2.87. The van der Waals surface area contributed by atoms with Crippen molar-refractivity contribution in [3.05, 3.63) is 29.8 Å². The molecule has 0 amide bonds. The Hall–Kier alpha value is -0.470. The number of rotatable bonds is 4. The Labute approximate surface area is 127 Å². The van der Waals surface area contributed by atoms with Crippen LogP contribution in [0.2, 0.25) is 0 Å². The Bertz CT molecular complexity index is 423. The van der Waals surface area contributed by atoms with Gasteiger partial charge in [0.05, 0.1) is 0 Å². The van der Waals surface area contributed by atoms with E-state index in [4.69, 9.17) is 0 Å². The lowest BCUT2D eigenvalue weighted by Gasteiger charge is -2.25. The predicted molar refractivity (Wildman–Crippen MR) is 88.6 cm³/mol. The second kappa shape index (κ2) is 7.00. The highest BCUT2D eigenvalue weighted by molar-refractivity contribution is 7.99. The third kappa shape index (κ3) is 3.40. The zero-order valence-corrected chi connectivity index (χ0v) is 13.4. The van der Waals surface area contributed by atoms with Crippen LogP contribution in [0.4, 0.5) is 0 Å². The van der Waals surface area contributed by atoms with Gasteiger partial charge >= 0.3 is 0 Å². The van der Waals surface area contributed by atoms with Crippen LogP contribution >= 0.6 is 11.8 Å². The number of hydrogen-bond acceptors (Lipinski definition) is 2. The molecule has 0 saturated heterocycles. The molecule has 0 bridgehead atoms. The number of fused-ring (bicyclic) bond motifs is 1. The van der Waals surface area contributed by atoms with Crippen LogP contribution in [-0.2, 0) is 0 Å². The molecule has 20 heavy (non-hydrogen) atoms. The van der Waals surface area contributed by atoms with E-state index in [0.717, 1.165) is 12.5 Å². The minimum atomic E-state index is 0.686. The van der Waals surface area contributed by atoms with Crippen molar-refractivity contribution in [1.82, 2.24) is 5.32 Å². The van der Waals surface area contributed by atoms with Crippen LogP contribution in [0.5, 0.6) is 0 Å². The summed E-state index contributed by atoms with van der Waals surface area (Å²) in [5, 5.41) is 3.85. The molecule has 0 aromatic heterocycles. The molecule has 1 saturated carbocycles. The maximum Gasteiger partial charge on any atom is 0.0108 e. The van der Waals surface area contributed by atoms with E-state index in [1.807, 2.05) is 11.8 Å². The maximum absolute atomic E-state index is 3.85. The Morgan fingerprint density at radius 1 is 1.15 bits per heavy atom. The fourth-order valence-corrected chi connectivity index (χ4v) is 4.96. The van der Waals surface area contributed by atoms with Gasteiger partial charge in [-0.05, 0) is 37.3 Å². The van der Waals surface area contributed by atoms with Gasteiger partial charge in [0, 0.05) is 29.2 Å². The number of hydrogen-bond donors (Lipinski definition) is 1. The third-order valence-corrected chi connectivity index (χ3v) is 6.34. The molecule has 0 radical (unpaired) electrons. The summed E-state index contributed by atoms with van der Waals surface area (Å²) in [5.41, 5.74) is 1.57. The first kappa shape index (κ1) is 14.5. The summed E-state index contributed by atoms with van der Waals surface area (Å²) in [6, 6.07) is 9.63. The smallest absolute Gasteiger partial charge is 0.0108 e. The van der Waals surface area contributed by atoms with Crippen molar-refractivity contribution in [3.8, 4) is 0 Å². The van der Waals surface area contributed by atoms with Crippen molar-refractivity contribution in [1.29, 1.82) is 0 Å². The first-order valence-corrected chi connectivity index (χ1v) is 9.28. The van der Waals surface area contributed by atoms with Crippen molar-refractivity contribution in [2.75, 3.05) is 12.3 Å². The van der Waals surface area contributed by atoms with E-state index >= 15 is 0 Å². The molecule has 110 valence electrons. The van der Waals surface area contributed by atoms with Crippen LogP contribution < -0.4 is 5.32 Å². The monoisotopic (exact) mass is 289 g/mol. The van der Waals surface area contributed by atoms with Crippen LogP contribution in [0.15, 0.2) is 29.2 Å². The van der Waals surface area contributed by atoms with Gasteiger partial charge in [0.1, 0.15) is 0 Å². The van der Waals surface area contributed by atoms with Gasteiger partial charge < -0.3 is 5.32 Å². The quantitative estimate of drug-likeness (QED) is 0.797. The Morgan fingerprint density at radius 3 is 2.70 bits per heavy atom. The van der Waals surface area contributed by atoms with E-state index in [1.54, 1.807) is 5.56 Å². The zero-order chi connectivity index (χ0) is 13.8. The molecular formula is C18H27NS. The molecule has 1 aliphatic heterocycles. The van der Waals surface area contributed by atoms with E-state index in [2.05, 4.69) is 36.5 Å². The highest BCUT2D eigenvalue weighted by Gasteiger charge is 2.24. The molecule has 3 rings (SSSR count). The van der Waals surface area contributed by atoms with Crippen molar-refractivity contribution in [2.24, 2.45) is 5.92 Å². The van der Waals surface area contributed by atoms with Crippen LogP contribution in [0, 0.1) is 5.92 Å². The minimum Gasteiger partial charge on any atom is -0.313 e. The summed E-state index contributed by atoms with van der Waals surface area (Å²) in [6.45, 7) is 3.56. The van der Waals surface area contributed by atoms with Gasteiger partial charge in [-0.3, -0.25) is 0 Å². The Morgan fingerprint density at radius 2 is 1.90 bits per heavy atom. The minimum absolute atomic E-state index is 0.686. The van der Waals surface area contributed by atoms with Gasteiger partial charge in [-0.2, -0.15) is 0 Å². The van der Waals surface area contributed by atoms with Crippen LogP contribution in [-0.4, -0.2) is 18.3 Å². The van der Waals surface area contributed by atoms with Gasteiger partial charge in [-0.1, -0.05) is 43.9 Å². The van der Waals surface area contributed by atoms with Crippen molar-refractivity contribution >= 4 is 11.8 Å². The summed E-state index contributed by atoms with van der Waals surface area (Å²) >= 11 is 2.03. The van der Waals surface area contributed by atoms with E-state index in [1.165, 1.54) is 49.2 Å². The molecule has 2 atom stereocenters. The van der Waals surface area contributed by atoms with Gasteiger partial charge in [-0.25, -0.2) is 0 Å². The lowest BCUT2D eigenvalue weighted by molar-refractivity contribution is 0.334. The molecule has 1 heterocycles. The molecule has 1 aromatic rings. The van der Waals surface area contributed by atoms with Crippen molar-refractivity contribution in [2.45, 2.75) is 62.3 Å². The van der Waals surface area contributed by atoms with Crippen molar-refractivity contribution < 1.29 is 0 Å². The summed E-state index contributed by atoms with van der Waals surface area (Å²) in [7, 11) is 0. The number of benzene rings is 1. The van der Waals surface area contributed by atoms with E-state index < -0.39 is 0 Å². The van der Waals surface area contributed by atoms with Gasteiger partial charge in [-0.15, -0.1) is 11.8 Å². The van der Waals surface area contributed by atoms with Gasteiger partial charge in [0.15, 0.2) is 0 Å². The fraction of sp³-hybridized carbons (Fsp3) is 0.667. The zero-order valence-electron chi connectivity index (χ0n) is 12.6. The molecule has 1 aromatic carbocycles. The summed E-state index contributed by atoms with van der Waals surface area (Å²) in [4.78, 5) is 1.50. The lowest BCUT2D eigenvalue weighted by atomic mass is 9.92. The molecular weight excluding hydrogens is 262 g/mol. The second-order valence-corrected chi connectivity index (χ2v) is 7.56. The van der Waals surface area contributed by atoms with E-state index in [-0.39, 0.29) is 0 Å². The first-order chi connectivity index (χ1) is 9.84. The molecule has 1 aliphatic carbocycles. The third-order valence-electron chi connectivity index (χ3n) is 5.09. The molecule has 2 aliphatic rings. The predicted octanol–water partition coefficient (Wildman–Crippen LogP) is 4.82. The molecule has 1 nitrogen and oxygen atoms in total. The first-order valence-electron chi connectivity index (χ1n) is 8.29. The highest BCUT2D eigenvalue weighted by Crippen LogP contribution is 2.39. The normalized spacial score (nSPS) is 25.1. The molecule has 2 heteroatoms. The molecule has 1 fully saturated rings. The Kier molecular flexibility index (Phi) is 5.06. The summed E-state index contributed by atoms with van der Waals surface area (Å²) < 4.78 is 0. The highest BCUT2D eigenvalue weighted by atomic mass is 32.2. The molecule has 0 spiro atoms. The van der Waals surface area contributed by atoms with Crippen molar-refractivity contribution in [3.63, 3.8) is 0 Å². The van der Waals surface area contributed by atoms with Crippen LogP contribution in [0.25, 0.3) is 0 Å². The molecule has 1 N–H and O–H groups in total. The van der Waals surface area contributed by atoms with Crippen LogP contribution in [0.1, 0.15) is 56.9 Å². The number of nitrogens with one attached hydrogen (secondary N) is 1. The fourth-order valence-electron chi connectivity index (χ4n) is 3.70. The number of thioether (sulfide) groups is 1. The van der Waals surface area contributed by atoms with Crippen LogP contribution in [0.3, 0.4) is 0 Å². The SMILES string of the molecule is C[C@@H](NCC1CSc2ccccc21)C1CCCCCC1. The summed E-state index contributed by atoms with van der Waals surface area (Å²) in [6.07, 6.45) is 8.66. The average Bonchev–Trinajstić information content (AvgIpc) is 2.70. The second-order valence-electron chi connectivity index (χ2n) is 6.49. The van der Waals surface area contributed by atoms with Gasteiger partial charge in [0.2, 0.25) is 0 Å². The standard InChI is InChI=1S/C18H27NS/c1-14(15-8-4-2-3-5-9-15)19-12-16-13-20-18-11-7-6-10-17(16)18/h6-7,10-11,14-16,19H,2-5,8-9,12-13H2,1H3/t14-,16?/m1/s1. The average molecular weight is 289 g/mol. The maximum atomic E-state index is 3.85. The lowest BCUT2D eigenvalue weighted by Crippen LogP contribution is -2.36. The van der Waals surface area contributed by atoms with Gasteiger partial charge in [0.25, 0.3) is 0 Å². The van der Waals surface area contributed by atoms with E-state index in [9.17, 15) is 0 Å². The molecule has 1 unspecified atom stereocenters.